The minimum absolute atomic E-state index is 0.163. The van der Waals surface area contributed by atoms with Crippen LogP contribution >= 0.6 is 0 Å². The number of fused-ring (bicyclic) bond motifs is 2. The molecular weight excluding hydrogens is 1030 g/mol. The number of nitrogens with one attached hydrogen (secondary N) is 1. The number of rotatable bonds is 18. The Morgan fingerprint density at radius 2 is 0.939 bits per heavy atom. The molecule has 82 heavy (non-hydrogen) atoms. The Labute approximate surface area is 479 Å². The predicted octanol–water partition coefficient (Wildman–Crippen LogP) is 11.5. The van der Waals surface area contributed by atoms with Crippen LogP contribution in [0.25, 0.3) is 22.5 Å². The van der Waals surface area contributed by atoms with Gasteiger partial charge in [-0.2, -0.15) is 0 Å². The number of ether oxygens (including phenoxy) is 1. The van der Waals surface area contributed by atoms with Gasteiger partial charge in [0.1, 0.15) is 17.8 Å². The molecule has 6 aromatic carbocycles. The molecule has 0 aliphatic carbocycles. The Balaban J connectivity index is 0.000000184. The van der Waals surface area contributed by atoms with E-state index in [4.69, 9.17) is 14.7 Å². The van der Waals surface area contributed by atoms with Crippen LogP contribution in [-0.4, -0.2) is 107 Å². The van der Waals surface area contributed by atoms with Crippen molar-refractivity contribution in [2.75, 3.05) is 26.2 Å². The largest absolute Gasteiger partial charge is 0.444 e. The van der Waals surface area contributed by atoms with E-state index in [1.807, 2.05) is 84.9 Å². The van der Waals surface area contributed by atoms with Gasteiger partial charge in [-0.1, -0.05) is 187 Å². The van der Waals surface area contributed by atoms with Crippen molar-refractivity contribution in [3.8, 4) is 22.5 Å². The smallest absolute Gasteiger partial charge is 0.410 e. The first kappa shape index (κ1) is 56.5. The molecule has 420 valence electrons. The van der Waals surface area contributed by atoms with Gasteiger partial charge in [0.25, 0.3) is 23.6 Å². The summed E-state index contributed by atoms with van der Waals surface area (Å²) < 4.78 is 10.1. The van der Waals surface area contributed by atoms with Gasteiger partial charge in [-0.25, -0.2) is 14.8 Å². The summed E-state index contributed by atoms with van der Waals surface area (Å²) >= 11 is 0. The predicted molar refractivity (Wildman–Crippen MR) is 315 cm³/mol. The van der Waals surface area contributed by atoms with Gasteiger partial charge >= 0.3 is 6.09 Å². The number of carbonyl (C=O) groups is 5. The van der Waals surface area contributed by atoms with Crippen molar-refractivity contribution in [3.63, 3.8) is 0 Å². The first-order valence-electron chi connectivity index (χ1n) is 28.0. The second-order valence-electron chi connectivity index (χ2n) is 23.4. The van der Waals surface area contributed by atoms with E-state index in [-0.39, 0.29) is 66.1 Å². The molecule has 8 aromatic rings. The molecule has 0 bridgehead atoms. The van der Waals surface area contributed by atoms with E-state index in [0.29, 0.717) is 54.9 Å². The fourth-order valence-corrected chi connectivity index (χ4v) is 11.1. The number of hydrogen-bond acceptors (Lipinski definition) is 10. The zero-order chi connectivity index (χ0) is 57.7. The number of amides is 5. The number of aromatic nitrogens is 4. The monoisotopic (exact) mass is 1100 g/mol. The number of nitrogens with zero attached hydrogens (tertiary/aromatic N) is 7. The van der Waals surface area contributed by atoms with Crippen LogP contribution in [0.2, 0.25) is 0 Å². The van der Waals surface area contributed by atoms with Crippen molar-refractivity contribution in [3.05, 3.63) is 227 Å². The third kappa shape index (κ3) is 12.4. The van der Waals surface area contributed by atoms with E-state index in [2.05, 4.69) is 105 Å². The van der Waals surface area contributed by atoms with Gasteiger partial charge in [-0.05, 0) is 52.6 Å². The molecule has 0 spiro atoms. The van der Waals surface area contributed by atoms with Crippen molar-refractivity contribution in [2.24, 2.45) is 10.8 Å². The normalized spacial score (nSPS) is 16.2. The highest BCUT2D eigenvalue weighted by atomic mass is 16.6. The number of imide groups is 2. The van der Waals surface area contributed by atoms with E-state index in [9.17, 15) is 29.1 Å². The molecule has 3 aliphatic rings. The minimum atomic E-state index is -0.750. The van der Waals surface area contributed by atoms with Crippen LogP contribution in [-0.2, 0) is 17.8 Å². The van der Waals surface area contributed by atoms with E-state index in [1.165, 1.54) is 15.4 Å². The second kappa shape index (κ2) is 24.1. The Morgan fingerprint density at radius 1 is 0.537 bits per heavy atom. The van der Waals surface area contributed by atoms with E-state index in [1.54, 1.807) is 53.4 Å². The third-order valence-electron chi connectivity index (χ3n) is 15.2. The lowest BCUT2D eigenvalue weighted by atomic mass is 9.85. The molecule has 1 fully saturated rings. The summed E-state index contributed by atoms with van der Waals surface area (Å²) in [6.07, 6.45) is 3.16. The summed E-state index contributed by atoms with van der Waals surface area (Å²) in [5.41, 5.74) is 7.18. The van der Waals surface area contributed by atoms with Crippen molar-refractivity contribution in [1.82, 2.24) is 39.1 Å². The highest BCUT2D eigenvalue weighted by Crippen LogP contribution is 2.42. The van der Waals surface area contributed by atoms with Crippen LogP contribution in [0.15, 0.2) is 182 Å². The number of aliphatic hydroxyl groups excluding tert-OH is 1. The summed E-state index contributed by atoms with van der Waals surface area (Å²) in [6.45, 7) is 15.0. The molecule has 15 nitrogen and oxygen atoms in total. The van der Waals surface area contributed by atoms with Crippen LogP contribution in [0.5, 0.6) is 0 Å². The van der Waals surface area contributed by atoms with Gasteiger partial charge in [-0.3, -0.25) is 33.9 Å². The van der Waals surface area contributed by atoms with Crippen LogP contribution in [0, 0.1) is 10.8 Å². The molecule has 5 amide bonds. The van der Waals surface area contributed by atoms with Gasteiger partial charge in [0.15, 0.2) is 0 Å². The molecule has 0 saturated carbocycles. The average molecular weight is 1100 g/mol. The number of hydrogen-bond donors (Lipinski definition) is 2. The Bertz CT molecular complexity index is 3500. The topological polar surface area (TPSA) is 172 Å². The van der Waals surface area contributed by atoms with Gasteiger partial charge in [0.2, 0.25) is 0 Å². The van der Waals surface area contributed by atoms with Crippen LogP contribution in [0.3, 0.4) is 0 Å². The SMILES string of the molecule is CC(C)(C)[C@@H](NCC(O)CCN1C(=O)c2ccccc2C1=O)c1nc(-c2ccccc2)cn1Cc1ccccc1.CC(C)(C)[C@H](c1nc(-c2ccccc2)cn1Cc1ccccc1)N1CC(CCN2C(=O)c3ccccc3C2=O)OC1=O. The highest BCUT2D eigenvalue weighted by Gasteiger charge is 2.45. The number of imidazole rings is 2. The Kier molecular flexibility index (Phi) is 16.6. The van der Waals surface area contributed by atoms with Crippen LogP contribution in [0.4, 0.5) is 4.79 Å². The molecule has 4 atom stereocenters. The van der Waals surface area contributed by atoms with Crippen molar-refractivity contribution in [2.45, 2.75) is 91.8 Å². The molecule has 1 saturated heterocycles. The van der Waals surface area contributed by atoms with Crippen LogP contribution < -0.4 is 5.32 Å². The molecule has 5 heterocycles. The first-order valence-corrected chi connectivity index (χ1v) is 28.0. The van der Waals surface area contributed by atoms with Crippen molar-refractivity contribution in [1.29, 1.82) is 0 Å². The molecule has 3 aliphatic heterocycles. The van der Waals surface area contributed by atoms with Gasteiger partial charge in [-0.15, -0.1) is 0 Å². The quantitative estimate of drug-likeness (QED) is 0.0788. The third-order valence-corrected chi connectivity index (χ3v) is 15.2. The fraction of sp³-hybridized carbons (Fsp3) is 0.299. The number of cyclic esters (lactones) is 1. The number of aliphatic hydroxyl groups is 1. The molecule has 11 rings (SSSR count). The van der Waals surface area contributed by atoms with Crippen LogP contribution in [0.1, 0.15) is 131 Å². The second-order valence-corrected chi connectivity index (χ2v) is 23.4. The minimum Gasteiger partial charge on any atom is -0.444 e. The maximum Gasteiger partial charge on any atom is 0.410 e. The summed E-state index contributed by atoms with van der Waals surface area (Å²) in [5, 5.41) is 14.5. The molecular formula is C67H70N8O7. The molecule has 2 unspecified atom stereocenters. The first-order chi connectivity index (χ1) is 39.4. The van der Waals surface area contributed by atoms with Gasteiger partial charge < -0.3 is 24.3 Å². The lowest BCUT2D eigenvalue weighted by Crippen LogP contribution is -2.40. The standard InChI is InChI=1S/C34H34N4O4.C33H36N4O3/c1-34(2,3)29(30-35-28(24-14-8-5-9-15-24)22-36(30)20-23-12-6-4-7-13-23)38-21-25(42-33(38)41)18-19-37-31(39)26-16-10-11-17-27(26)32(37)40;1-33(2,3)29(34-20-25(38)18-19-37-31(39)26-16-10-11-17-27(26)32(37)40)30-35-28(24-14-8-5-9-15-24)22-36(30)21-23-12-6-4-7-13-23/h4-17,22,25,29H,18-21H2,1-3H3;4-17,22,25,29,34,38H,18-21H2,1-3H3/t2*25?,29-/m00/s1. The summed E-state index contributed by atoms with van der Waals surface area (Å²) in [7, 11) is 0. The fourth-order valence-electron chi connectivity index (χ4n) is 11.1. The summed E-state index contributed by atoms with van der Waals surface area (Å²) in [6, 6.07) is 53.8. The van der Waals surface area contributed by atoms with E-state index in [0.717, 1.165) is 39.7 Å². The van der Waals surface area contributed by atoms with Crippen molar-refractivity contribution < 1.29 is 33.8 Å². The van der Waals surface area contributed by atoms with E-state index >= 15 is 0 Å². The maximum atomic E-state index is 13.4. The Hall–Kier alpha value is -8.79. The molecule has 15 heteroatoms. The lowest BCUT2D eigenvalue weighted by Gasteiger charge is -2.36. The molecule has 2 N–H and O–H groups in total. The zero-order valence-electron chi connectivity index (χ0n) is 47.3. The zero-order valence-corrected chi connectivity index (χ0v) is 47.3. The lowest BCUT2D eigenvalue weighted by molar-refractivity contribution is 0.0604. The summed E-state index contributed by atoms with van der Waals surface area (Å²) in [4.78, 5) is 79.0. The van der Waals surface area contributed by atoms with Gasteiger partial charge in [0, 0.05) is 62.7 Å². The number of benzene rings is 6. The van der Waals surface area contributed by atoms with E-state index < -0.39 is 18.3 Å². The van der Waals surface area contributed by atoms with Gasteiger partial charge in [0.05, 0.1) is 58.4 Å². The Morgan fingerprint density at radius 3 is 1.38 bits per heavy atom. The molecule has 2 aromatic heterocycles. The molecule has 0 radical (unpaired) electrons. The maximum absolute atomic E-state index is 13.4. The number of carbonyl (C=O) groups excluding carboxylic acids is 5. The van der Waals surface area contributed by atoms with Crippen molar-refractivity contribution >= 4 is 29.7 Å². The highest BCUT2D eigenvalue weighted by molar-refractivity contribution is 6.22. The average Bonchev–Trinajstić information content (AvgIpc) is 4.43. The summed E-state index contributed by atoms with van der Waals surface area (Å²) in [5.74, 6) is 0.460.